The quantitative estimate of drug-likeness (QED) is 0.627. The molecule has 1 aliphatic heterocycles. The fourth-order valence-electron chi connectivity index (χ4n) is 3.49. The number of ether oxygens (including phenoxy) is 1. The zero-order valence-electron chi connectivity index (χ0n) is 14.1. The van der Waals surface area contributed by atoms with E-state index in [1.165, 1.54) is 26.1 Å². The van der Waals surface area contributed by atoms with Crippen LogP contribution in [0.3, 0.4) is 0 Å². The molecule has 0 N–H and O–H groups in total. The maximum absolute atomic E-state index is 6.39. The Morgan fingerprint density at radius 2 is 1.79 bits per heavy atom. The minimum absolute atomic E-state index is 0.0574. The molecule has 0 amide bonds. The van der Waals surface area contributed by atoms with E-state index in [9.17, 15) is 0 Å². The van der Waals surface area contributed by atoms with E-state index in [4.69, 9.17) is 4.74 Å². The predicted molar refractivity (Wildman–Crippen MR) is 102 cm³/mol. The summed E-state index contributed by atoms with van der Waals surface area (Å²) in [4.78, 5) is 3.81. The van der Waals surface area contributed by atoms with Crippen molar-refractivity contribution in [3.63, 3.8) is 0 Å². The summed E-state index contributed by atoms with van der Waals surface area (Å²) in [6.45, 7) is 3.01. The molecule has 0 radical (unpaired) electrons. The molecular formula is C21H23NOS. The van der Waals surface area contributed by atoms with E-state index < -0.39 is 0 Å². The Labute approximate surface area is 147 Å². The first-order valence-corrected chi connectivity index (χ1v) is 9.50. The lowest BCUT2D eigenvalue weighted by atomic mass is 10.00. The van der Waals surface area contributed by atoms with Crippen molar-refractivity contribution in [3.8, 4) is 0 Å². The van der Waals surface area contributed by atoms with Gasteiger partial charge >= 0.3 is 0 Å². The molecular weight excluding hydrogens is 314 g/mol. The number of nitrogens with zero attached hydrogens (tertiary/aromatic N) is 1. The van der Waals surface area contributed by atoms with Gasteiger partial charge in [0.05, 0.1) is 0 Å². The lowest BCUT2D eigenvalue weighted by Gasteiger charge is -2.24. The van der Waals surface area contributed by atoms with E-state index in [2.05, 4.69) is 66.5 Å². The Morgan fingerprint density at radius 3 is 2.67 bits per heavy atom. The molecule has 0 aliphatic carbocycles. The summed E-state index contributed by atoms with van der Waals surface area (Å²) in [6, 6.07) is 19.5. The number of hydrogen-bond donors (Lipinski definition) is 0. The lowest BCUT2D eigenvalue weighted by molar-refractivity contribution is 0.0731. The molecule has 3 heteroatoms. The molecule has 1 aromatic heterocycles. The highest BCUT2D eigenvalue weighted by Crippen LogP contribution is 2.40. The fourth-order valence-corrected chi connectivity index (χ4v) is 4.82. The van der Waals surface area contributed by atoms with E-state index in [1.54, 1.807) is 0 Å². The lowest BCUT2D eigenvalue weighted by Crippen LogP contribution is -2.25. The summed E-state index contributed by atoms with van der Waals surface area (Å²) in [7, 11) is 2.21. The normalized spacial score (nSPS) is 20.0. The van der Waals surface area contributed by atoms with Crippen LogP contribution in [-0.4, -0.2) is 31.6 Å². The molecule has 1 unspecified atom stereocenters. The van der Waals surface area contributed by atoms with E-state index >= 15 is 0 Å². The second-order valence-electron chi connectivity index (χ2n) is 6.51. The van der Waals surface area contributed by atoms with Crippen molar-refractivity contribution < 1.29 is 4.74 Å². The predicted octanol–water partition coefficient (Wildman–Crippen LogP) is 4.89. The van der Waals surface area contributed by atoms with Gasteiger partial charge in [-0.2, -0.15) is 0 Å². The Balaban J connectivity index is 1.85. The molecule has 1 aliphatic rings. The Bertz CT molecular complexity index is 811. The SMILES string of the molecule is CN1CCCOC(c2ccccc2)c2sc3ccccc3c2CC1. The van der Waals surface area contributed by atoms with Crippen molar-refractivity contribution >= 4 is 21.4 Å². The minimum atomic E-state index is 0.0574. The van der Waals surface area contributed by atoms with Crippen LogP contribution in [0.1, 0.15) is 28.5 Å². The van der Waals surface area contributed by atoms with Crippen LogP contribution in [0.15, 0.2) is 54.6 Å². The first kappa shape index (κ1) is 15.8. The van der Waals surface area contributed by atoms with Crippen molar-refractivity contribution in [3.05, 3.63) is 70.6 Å². The Hall–Kier alpha value is -1.68. The van der Waals surface area contributed by atoms with Gasteiger partial charge in [0.15, 0.2) is 0 Å². The molecule has 1 atom stereocenters. The monoisotopic (exact) mass is 337 g/mol. The number of benzene rings is 2. The second-order valence-corrected chi connectivity index (χ2v) is 7.59. The van der Waals surface area contributed by atoms with Gasteiger partial charge in [-0.3, -0.25) is 0 Å². The smallest absolute Gasteiger partial charge is 0.117 e. The average Bonchev–Trinajstić information content (AvgIpc) is 2.99. The van der Waals surface area contributed by atoms with Gasteiger partial charge in [0.25, 0.3) is 0 Å². The highest BCUT2D eigenvalue weighted by molar-refractivity contribution is 7.19. The molecule has 2 heterocycles. The van der Waals surface area contributed by atoms with Crippen LogP contribution in [0.2, 0.25) is 0 Å². The second kappa shape index (κ2) is 7.06. The van der Waals surface area contributed by atoms with Gasteiger partial charge in [0, 0.05) is 29.3 Å². The number of rotatable bonds is 1. The van der Waals surface area contributed by atoms with Crippen molar-refractivity contribution in [2.24, 2.45) is 0 Å². The topological polar surface area (TPSA) is 12.5 Å². The average molecular weight is 337 g/mol. The van der Waals surface area contributed by atoms with E-state index in [0.717, 1.165) is 32.5 Å². The van der Waals surface area contributed by atoms with Crippen LogP contribution in [0.25, 0.3) is 10.1 Å². The summed E-state index contributed by atoms with van der Waals surface area (Å²) in [6.07, 6.45) is 2.23. The molecule has 3 aromatic rings. The summed E-state index contributed by atoms with van der Waals surface area (Å²) < 4.78 is 7.76. The molecule has 0 fully saturated rings. The van der Waals surface area contributed by atoms with Gasteiger partial charge in [-0.05, 0) is 42.5 Å². The molecule has 0 saturated carbocycles. The van der Waals surface area contributed by atoms with E-state index in [-0.39, 0.29) is 6.10 Å². The van der Waals surface area contributed by atoms with E-state index in [0.29, 0.717) is 0 Å². The van der Waals surface area contributed by atoms with Gasteiger partial charge in [-0.25, -0.2) is 0 Å². The van der Waals surface area contributed by atoms with Gasteiger partial charge < -0.3 is 9.64 Å². The highest BCUT2D eigenvalue weighted by atomic mass is 32.1. The third-order valence-corrected chi connectivity index (χ3v) is 6.04. The standard InChI is InChI=1S/C21H23NOS/c1-22-13-7-15-23-20(16-8-3-2-4-9-16)21-18(12-14-22)17-10-5-6-11-19(17)24-21/h2-6,8-11,20H,7,12-15H2,1H3. The largest absolute Gasteiger partial charge is 0.368 e. The summed E-state index contributed by atoms with van der Waals surface area (Å²) >= 11 is 1.90. The molecule has 2 aromatic carbocycles. The Morgan fingerprint density at radius 1 is 1.00 bits per heavy atom. The first-order valence-electron chi connectivity index (χ1n) is 8.68. The molecule has 124 valence electrons. The number of fused-ring (bicyclic) bond motifs is 3. The number of likely N-dealkylation sites (N-methyl/N-ethyl adjacent to an activating group) is 1. The van der Waals surface area contributed by atoms with Crippen molar-refractivity contribution in [2.45, 2.75) is 18.9 Å². The van der Waals surface area contributed by atoms with Crippen molar-refractivity contribution in [1.82, 2.24) is 4.90 Å². The van der Waals surface area contributed by atoms with Crippen LogP contribution in [0, 0.1) is 0 Å². The van der Waals surface area contributed by atoms with Crippen LogP contribution >= 0.6 is 11.3 Å². The highest BCUT2D eigenvalue weighted by Gasteiger charge is 2.23. The van der Waals surface area contributed by atoms with Crippen LogP contribution in [0.5, 0.6) is 0 Å². The van der Waals surface area contributed by atoms with Gasteiger partial charge in [0.1, 0.15) is 6.10 Å². The maximum atomic E-state index is 6.39. The zero-order valence-corrected chi connectivity index (χ0v) is 14.9. The zero-order chi connectivity index (χ0) is 16.4. The molecule has 0 saturated heterocycles. The maximum Gasteiger partial charge on any atom is 0.117 e. The van der Waals surface area contributed by atoms with E-state index in [1.807, 2.05) is 11.3 Å². The minimum Gasteiger partial charge on any atom is -0.368 e. The summed E-state index contributed by atoms with van der Waals surface area (Å²) in [5, 5.41) is 1.40. The number of hydrogen-bond acceptors (Lipinski definition) is 3. The van der Waals surface area contributed by atoms with Crippen LogP contribution in [-0.2, 0) is 11.2 Å². The van der Waals surface area contributed by atoms with Crippen molar-refractivity contribution in [2.75, 3.05) is 26.7 Å². The van der Waals surface area contributed by atoms with Crippen molar-refractivity contribution in [1.29, 1.82) is 0 Å². The Kier molecular flexibility index (Phi) is 4.65. The molecule has 24 heavy (non-hydrogen) atoms. The summed E-state index contributed by atoms with van der Waals surface area (Å²) in [5.74, 6) is 0. The summed E-state index contributed by atoms with van der Waals surface area (Å²) in [5.41, 5.74) is 2.73. The first-order chi connectivity index (χ1) is 11.8. The van der Waals surface area contributed by atoms with Gasteiger partial charge in [-0.1, -0.05) is 48.5 Å². The van der Waals surface area contributed by atoms with Crippen LogP contribution in [0.4, 0.5) is 0 Å². The number of thiophene rings is 1. The fraction of sp³-hybridized carbons (Fsp3) is 0.333. The molecule has 2 nitrogen and oxygen atoms in total. The molecule has 0 bridgehead atoms. The van der Waals surface area contributed by atoms with Gasteiger partial charge in [-0.15, -0.1) is 11.3 Å². The molecule has 4 rings (SSSR count). The third-order valence-electron chi connectivity index (χ3n) is 4.78. The molecule has 0 spiro atoms. The van der Waals surface area contributed by atoms with Crippen LogP contribution < -0.4 is 0 Å². The van der Waals surface area contributed by atoms with Gasteiger partial charge in [0.2, 0.25) is 0 Å². The third kappa shape index (κ3) is 3.12.